The molecule has 0 unspecified atom stereocenters. The number of nitrogens with zero attached hydrogens (tertiary/aromatic N) is 3. The van der Waals surface area contributed by atoms with Crippen molar-refractivity contribution in [2.24, 2.45) is 0 Å². The number of hydrogen-bond acceptors (Lipinski definition) is 4. The standard InChI is InChI=1S/C11H17ClN4/c1-15-3-2-4-16(6-5-15)11-10(12)7-9(13)8-14-11/h7-8H,2-6,13H2,1H3. The summed E-state index contributed by atoms with van der Waals surface area (Å²) in [5.41, 5.74) is 6.25. The minimum absolute atomic E-state index is 0.612. The lowest BCUT2D eigenvalue weighted by molar-refractivity contribution is 0.360. The van der Waals surface area contributed by atoms with Gasteiger partial charge in [0, 0.05) is 19.6 Å². The second-order valence-corrected chi connectivity index (χ2v) is 4.63. The van der Waals surface area contributed by atoms with Gasteiger partial charge in [0.2, 0.25) is 0 Å². The quantitative estimate of drug-likeness (QED) is 0.807. The largest absolute Gasteiger partial charge is 0.397 e. The van der Waals surface area contributed by atoms with Gasteiger partial charge < -0.3 is 15.5 Å². The maximum absolute atomic E-state index is 6.15. The molecule has 2 heterocycles. The summed E-state index contributed by atoms with van der Waals surface area (Å²) in [6, 6.07) is 1.76. The van der Waals surface area contributed by atoms with E-state index in [9.17, 15) is 0 Å². The van der Waals surface area contributed by atoms with Crippen LogP contribution in [-0.2, 0) is 0 Å². The number of likely N-dealkylation sites (N-methyl/N-ethyl adjacent to an activating group) is 1. The first-order valence-electron chi connectivity index (χ1n) is 5.51. The van der Waals surface area contributed by atoms with Crippen molar-refractivity contribution in [3.05, 3.63) is 17.3 Å². The second kappa shape index (κ2) is 4.89. The van der Waals surface area contributed by atoms with Crippen molar-refractivity contribution in [1.29, 1.82) is 0 Å². The van der Waals surface area contributed by atoms with Gasteiger partial charge in [0.1, 0.15) is 5.82 Å². The number of rotatable bonds is 1. The van der Waals surface area contributed by atoms with Crippen LogP contribution in [0, 0.1) is 0 Å². The number of pyridine rings is 1. The summed E-state index contributed by atoms with van der Waals surface area (Å²) in [5.74, 6) is 0.853. The van der Waals surface area contributed by atoms with Crippen molar-refractivity contribution in [3.8, 4) is 0 Å². The van der Waals surface area contributed by atoms with E-state index in [2.05, 4.69) is 21.8 Å². The number of nitrogen functional groups attached to an aromatic ring is 1. The number of anilines is 2. The molecular formula is C11H17ClN4. The average molecular weight is 241 g/mol. The minimum atomic E-state index is 0.612. The molecule has 5 heteroatoms. The first-order chi connectivity index (χ1) is 7.66. The van der Waals surface area contributed by atoms with Crippen molar-refractivity contribution in [2.75, 3.05) is 43.9 Å². The lowest BCUT2D eigenvalue weighted by atomic mass is 10.3. The molecule has 2 rings (SSSR count). The Morgan fingerprint density at radius 3 is 2.88 bits per heavy atom. The maximum Gasteiger partial charge on any atom is 0.147 e. The lowest BCUT2D eigenvalue weighted by Crippen LogP contribution is -2.29. The number of halogens is 1. The van der Waals surface area contributed by atoms with Gasteiger partial charge in [-0.1, -0.05) is 11.6 Å². The smallest absolute Gasteiger partial charge is 0.147 e. The molecule has 0 saturated carbocycles. The van der Waals surface area contributed by atoms with Crippen LogP contribution in [0.5, 0.6) is 0 Å². The first-order valence-corrected chi connectivity index (χ1v) is 5.89. The number of aromatic nitrogens is 1. The normalized spacial score (nSPS) is 18.5. The van der Waals surface area contributed by atoms with Crippen LogP contribution >= 0.6 is 11.6 Å². The van der Waals surface area contributed by atoms with Gasteiger partial charge in [0.25, 0.3) is 0 Å². The van der Waals surface area contributed by atoms with Gasteiger partial charge in [-0.2, -0.15) is 0 Å². The molecule has 1 aromatic rings. The summed E-state index contributed by atoms with van der Waals surface area (Å²) in [5, 5.41) is 0.643. The Hall–Kier alpha value is -1.00. The van der Waals surface area contributed by atoms with E-state index in [4.69, 9.17) is 17.3 Å². The fourth-order valence-corrected chi connectivity index (χ4v) is 2.23. The molecule has 0 amide bonds. The van der Waals surface area contributed by atoms with E-state index in [-0.39, 0.29) is 0 Å². The van der Waals surface area contributed by atoms with Gasteiger partial charge in [-0.3, -0.25) is 0 Å². The number of hydrogen-bond donors (Lipinski definition) is 1. The summed E-state index contributed by atoms with van der Waals surface area (Å²) in [6.45, 7) is 4.14. The van der Waals surface area contributed by atoms with Crippen LogP contribution in [0.4, 0.5) is 11.5 Å². The molecule has 1 aliphatic heterocycles. The van der Waals surface area contributed by atoms with Crippen molar-refractivity contribution >= 4 is 23.1 Å². The van der Waals surface area contributed by atoms with E-state index in [1.165, 1.54) is 0 Å². The molecule has 0 radical (unpaired) electrons. The zero-order valence-corrected chi connectivity index (χ0v) is 10.2. The molecule has 4 nitrogen and oxygen atoms in total. The van der Waals surface area contributed by atoms with Gasteiger partial charge in [0.15, 0.2) is 0 Å². The highest BCUT2D eigenvalue weighted by molar-refractivity contribution is 6.33. The van der Waals surface area contributed by atoms with Crippen LogP contribution in [0.3, 0.4) is 0 Å². The topological polar surface area (TPSA) is 45.4 Å². The average Bonchev–Trinajstić information content (AvgIpc) is 2.43. The highest BCUT2D eigenvalue weighted by atomic mass is 35.5. The Balaban J connectivity index is 2.16. The van der Waals surface area contributed by atoms with Gasteiger partial charge in [-0.25, -0.2) is 4.98 Å². The van der Waals surface area contributed by atoms with Crippen LogP contribution in [0.1, 0.15) is 6.42 Å². The molecule has 88 valence electrons. The lowest BCUT2D eigenvalue weighted by Gasteiger charge is -2.22. The third kappa shape index (κ3) is 2.57. The molecule has 0 aliphatic carbocycles. The maximum atomic E-state index is 6.15. The Kier molecular flexibility index (Phi) is 3.51. The fourth-order valence-electron chi connectivity index (χ4n) is 1.94. The Labute approximate surface area is 101 Å². The van der Waals surface area contributed by atoms with Crippen LogP contribution < -0.4 is 10.6 Å². The molecule has 0 spiro atoms. The molecule has 1 aromatic heterocycles. The van der Waals surface area contributed by atoms with E-state index < -0.39 is 0 Å². The van der Waals surface area contributed by atoms with Crippen molar-refractivity contribution in [2.45, 2.75) is 6.42 Å². The summed E-state index contributed by atoms with van der Waals surface area (Å²) < 4.78 is 0. The third-order valence-corrected chi connectivity index (χ3v) is 3.14. The van der Waals surface area contributed by atoms with Crippen LogP contribution in [0.2, 0.25) is 5.02 Å². The van der Waals surface area contributed by atoms with Crippen molar-refractivity contribution in [3.63, 3.8) is 0 Å². The van der Waals surface area contributed by atoms with Crippen molar-refractivity contribution < 1.29 is 0 Å². The van der Waals surface area contributed by atoms with E-state index in [0.29, 0.717) is 10.7 Å². The molecule has 0 atom stereocenters. The van der Waals surface area contributed by atoms with E-state index >= 15 is 0 Å². The molecule has 1 fully saturated rings. The Morgan fingerprint density at radius 1 is 1.31 bits per heavy atom. The van der Waals surface area contributed by atoms with Crippen LogP contribution in [-0.4, -0.2) is 43.1 Å². The predicted octanol–water partition coefficient (Wildman–Crippen LogP) is 1.46. The van der Waals surface area contributed by atoms with Gasteiger partial charge in [0.05, 0.1) is 16.9 Å². The van der Waals surface area contributed by atoms with E-state index in [1.807, 2.05) is 0 Å². The zero-order chi connectivity index (χ0) is 11.5. The van der Waals surface area contributed by atoms with Gasteiger partial charge >= 0.3 is 0 Å². The Bertz CT molecular complexity index is 369. The third-order valence-electron chi connectivity index (χ3n) is 2.86. The highest BCUT2D eigenvalue weighted by Crippen LogP contribution is 2.25. The summed E-state index contributed by atoms with van der Waals surface area (Å²) in [6.07, 6.45) is 2.80. The molecule has 1 aliphatic rings. The van der Waals surface area contributed by atoms with E-state index in [0.717, 1.165) is 38.4 Å². The molecule has 16 heavy (non-hydrogen) atoms. The molecule has 1 saturated heterocycles. The van der Waals surface area contributed by atoms with Crippen LogP contribution in [0.25, 0.3) is 0 Å². The van der Waals surface area contributed by atoms with E-state index in [1.54, 1.807) is 12.3 Å². The molecular weight excluding hydrogens is 224 g/mol. The molecule has 0 bridgehead atoms. The number of nitrogens with two attached hydrogens (primary N) is 1. The molecule has 0 aromatic carbocycles. The predicted molar refractivity (Wildman–Crippen MR) is 68.0 cm³/mol. The Morgan fingerprint density at radius 2 is 2.12 bits per heavy atom. The zero-order valence-electron chi connectivity index (χ0n) is 9.49. The second-order valence-electron chi connectivity index (χ2n) is 4.22. The first kappa shape index (κ1) is 11.5. The summed E-state index contributed by atoms with van der Waals surface area (Å²) in [7, 11) is 2.14. The fraction of sp³-hybridized carbons (Fsp3) is 0.545. The van der Waals surface area contributed by atoms with Gasteiger partial charge in [-0.15, -0.1) is 0 Å². The highest BCUT2D eigenvalue weighted by Gasteiger charge is 2.15. The summed E-state index contributed by atoms with van der Waals surface area (Å²) >= 11 is 6.15. The van der Waals surface area contributed by atoms with Gasteiger partial charge in [-0.05, 0) is 26.1 Å². The monoisotopic (exact) mass is 240 g/mol. The molecule has 2 N–H and O–H groups in total. The minimum Gasteiger partial charge on any atom is -0.397 e. The SMILES string of the molecule is CN1CCCN(c2ncc(N)cc2Cl)CC1. The van der Waals surface area contributed by atoms with Crippen molar-refractivity contribution in [1.82, 2.24) is 9.88 Å². The summed E-state index contributed by atoms with van der Waals surface area (Å²) in [4.78, 5) is 8.87. The van der Waals surface area contributed by atoms with Crippen LogP contribution in [0.15, 0.2) is 12.3 Å².